The third kappa shape index (κ3) is 5.60. The molecule has 0 unspecified atom stereocenters. The zero-order chi connectivity index (χ0) is 19.2. The van der Waals surface area contributed by atoms with E-state index in [1.165, 1.54) is 5.56 Å². The zero-order valence-electron chi connectivity index (χ0n) is 14.6. The Labute approximate surface area is 173 Å². The molecule has 0 aliphatic heterocycles. The summed E-state index contributed by atoms with van der Waals surface area (Å²) >= 11 is 17.3. The third-order valence-corrected chi connectivity index (χ3v) is 4.52. The van der Waals surface area contributed by atoms with Gasteiger partial charge < -0.3 is 15.4 Å². The maximum absolute atomic E-state index is 6.13. The Balaban J connectivity index is 1.53. The van der Waals surface area contributed by atoms with Gasteiger partial charge in [-0.2, -0.15) is 5.10 Å². The Bertz CT molecular complexity index is 928. The van der Waals surface area contributed by atoms with Gasteiger partial charge in [-0.25, -0.2) is 4.68 Å². The van der Waals surface area contributed by atoms with E-state index in [1.54, 1.807) is 35.3 Å². The topological polar surface area (TPSA) is 51.1 Å². The second kappa shape index (κ2) is 9.08. The molecule has 0 saturated heterocycles. The van der Waals surface area contributed by atoms with Crippen molar-refractivity contribution < 1.29 is 4.74 Å². The molecule has 140 valence electrons. The summed E-state index contributed by atoms with van der Waals surface area (Å²) in [6.07, 6.45) is 4.47. The van der Waals surface area contributed by atoms with Crippen molar-refractivity contribution in [2.24, 2.45) is 0 Å². The molecule has 1 aromatic heterocycles. The van der Waals surface area contributed by atoms with Crippen LogP contribution in [0.25, 0.3) is 0 Å². The van der Waals surface area contributed by atoms with Crippen molar-refractivity contribution in [3.8, 4) is 5.75 Å². The maximum atomic E-state index is 6.13. The Morgan fingerprint density at radius 3 is 2.63 bits per heavy atom. The number of anilines is 2. The molecule has 0 atom stereocenters. The molecule has 3 aromatic rings. The average molecular weight is 421 g/mol. The summed E-state index contributed by atoms with van der Waals surface area (Å²) in [6.45, 7) is 2.42. The first-order valence-corrected chi connectivity index (χ1v) is 9.47. The van der Waals surface area contributed by atoms with E-state index < -0.39 is 0 Å². The van der Waals surface area contributed by atoms with Crippen LogP contribution in [0.4, 0.5) is 11.4 Å². The SMILES string of the molecule is CCc1ccc(OCn2cc(NC(=S)Nc3ccc(Cl)cc3Cl)cn2)cc1. The van der Waals surface area contributed by atoms with E-state index in [1.807, 2.05) is 12.1 Å². The molecule has 0 aliphatic rings. The number of hydrogen-bond acceptors (Lipinski definition) is 3. The lowest BCUT2D eigenvalue weighted by Crippen LogP contribution is -2.19. The largest absolute Gasteiger partial charge is 0.471 e. The van der Waals surface area contributed by atoms with Gasteiger partial charge in [0, 0.05) is 5.02 Å². The highest BCUT2D eigenvalue weighted by atomic mass is 35.5. The summed E-state index contributed by atoms with van der Waals surface area (Å²) in [5.41, 5.74) is 2.68. The molecule has 0 bridgehead atoms. The minimum absolute atomic E-state index is 0.302. The van der Waals surface area contributed by atoms with E-state index >= 15 is 0 Å². The van der Waals surface area contributed by atoms with E-state index in [2.05, 4.69) is 34.8 Å². The highest BCUT2D eigenvalue weighted by molar-refractivity contribution is 7.80. The molecule has 27 heavy (non-hydrogen) atoms. The molecule has 5 nitrogen and oxygen atoms in total. The van der Waals surface area contributed by atoms with Gasteiger partial charge in [0.05, 0.1) is 28.8 Å². The van der Waals surface area contributed by atoms with Crippen molar-refractivity contribution >= 4 is 51.9 Å². The van der Waals surface area contributed by atoms with Gasteiger partial charge >= 0.3 is 0 Å². The molecule has 3 rings (SSSR count). The molecule has 0 fully saturated rings. The summed E-state index contributed by atoms with van der Waals surface area (Å²) in [4.78, 5) is 0. The second-order valence-electron chi connectivity index (χ2n) is 5.74. The molecule has 0 radical (unpaired) electrons. The standard InChI is InChI=1S/C19H18Cl2N4OS/c1-2-13-3-6-16(7-4-13)26-12-25-11-15(10-22-25)23-19(27)24-18-8-5-14(20)9-17(18)21/h3-11H,2,12H2,1H3,(H2,23,24,27). The van der Waals surface area contributed by atoms with Crippen LogP contribution in [0.2, 0.25) is 10.0 Å². The van der Waals surface area contributed by atoms with Crippen molar-refractivity contribution in [1.29, 1.82) is 0 Å². The smallest absolute Gasteiger partial charge is 0.180 e. The first kappa shape index (κ1) is 19.5. The fraction of sp³-hybridized carbons (Fsp3) is 0.158. The number of aryl methyl sites for hydroxylation is 1. The number of rotatable bonds is 6. The van der Waals surface area contributed by atoms with Crippen LogP contribution in [0.1, 0.15) is 12.5 Å². The number of aromatic nitrogens is 2. The van der Waals surface area contributed by atoms with Crippen molar-refractivity contribution in [2.75, 3.05) is 10.6 Å². The summed E-state index contributed by atoms with van der Waals surface area (Å²) in [6, 6.07) is 13.2. The van der Waals surface area contributed by atoms with Crippen LogP contribution >= 0.6 is 35.4 Å². The van der Waals surface area contributed by atoms with Crippen LogP contribution < -0.4 is 15.4 Å². The van der Waals surface area contributed by atoms with Gasteiger partial charge in [-0.05, 0) is 54.5 Å². The van der Waals surface area contributed by atoms with Crippen LogP contribution in [0.3, 0.4) is 0 Å². The van der Waals surface area contributed by atoms with Crippen LogP contribution in [0.15, 0.2) is 54.9 Å². The first-order chi connectivity index (χ1) is 13.0. The molecule has 8 heteroatoms. The first-order valence-electron chi connectivity index (χ1n) is 8.30. The van der Waals surface area contributed by atoms with Gasteiger partial charge in [-0.3, -0.25) is 0 Å². The Hall–Kier alpha value is -2.28. The number of nitrogens with one attached hydrogen (secondary N) is 2. The van der Waals surface area contributed by atoms with Gasteiger partial charge in [0.1, 0.15) is 5.75 Å². The predicted octanol–water partition coefficient (Wildman–Crippen LogP) is 5.60. The fourth-order valence-corrected chi connectivity index (χ4v) is 3.02. The molecular weight excluding hydrogens is 403 g/mol. The summed E-state index contributed by atoms with van der Waals surface area (Å²) in [7, 11) is 0. The second-order valence-corrected chi connectivity index (χ2v) is 6.99. The van der Waals surface area contributed by atoms with Gasteiger partial charge in [-0.1, -0.05) is 42.3 Å². The number of thiocarbonyl (C=S) groups is 1. The van der Waals surface area contributed by atoms with Crippen molar-refractivity contribution in [3.63, 3.8) is 0 Å². The van der Waals surface area contributed by atoms with Crippen LogP contribution in [-0.4, -0.2) is 14.9 Å². The van der Waals surface area contributed by atoms with Gasteiger partial charge in [0.15, 0.2) is 11.8 Å². The fourth-order valence-electron chi connectivity index (χ4n) is 2.34. The number of halogens is 2. The summed E-state index contributed by atoms with van der Waals surface area (Å²) in [5, 5.41) is 11.8. The number of nitrogens with zero attached hydrogens (tertiary/aromatic N) is 2. The van der Waals surface area contributed by atoms with Crippen molar-refractivity contribution in [3.05, 3.63) is 70.5 Å². The number of ether oxygens (including phenoxy) is 1. The third-order valence-electron chi connectivity index (χ3n) is 3.77. The molecule has 0 spiro atoms. The molecule has 0 saturated carbocycles. The van der Waals surface area contributed by atoms with Gasteiger partial charge in [0.2, 0.25) is 0 Å². The average Bonchev–Trinajstić information content (AvgIpc) is 3.10. The Morgan fingerprint density at radius 1 is 1.15 bits per heavy atom. The molecule has 2 N–H and O–H groups in total. The maximum Gasteiger partial charge on any atom is 0.180 e. The lowest BCUT2D eigenvalue weighted by molar-refractivity contribution is 0.221. The molecule has 1 heterocycles. The lowest BCUT2D eigenvalue weighted by atomic mass is 10.2. The minimum atomic E-state index is 0.302. The van der Waals surface area contributed by atoms with Gasteiger partial charge in [-0.15, -0.1) is 0 Å². The van der Waals surface area contributed by atoms with Gasteiger partial charge in [0.25, 0.3) is 0 Å². The van der Waals surface area contributed by atoms with E-state index in [9.17, 15) is 0 Å². The highest BCUT2D eigenvalue weighted by Crippen LogP contribution is 2.25. The molecule has 0 aliphatic carbocycles. The van der Waals surface area contributed by atoms with E-state index in [-0.39, 0.29) is 0 Å². The predicted molar refractivity (Wildman–Crippen MR) is 115 cm³/mol. The van der Waals surface area contributed by atoms with E-state index in [0.717, 1.165) is 17.9 Å². The van der Waals surface area contributed by atoms with Crippen molar-refractivity contribution in [2.45, 2.75) is 20.1 Å². The molecule has 0 amide bonds. The number of hydrogen-bond donors (Lipinski definition) is 2. The van der Waals surface area contributed by atoms with Crippen molar-refractivity contribution in [1.82, 2.24) is 9.78 Å². The zero-order valence-corrected chi connectivity index (χ0v) is 16.9. The molecule has 2 aromatic carbocycles. The monoisotopic (exact) mass is 420 g/mol. The minimum Gasteiger partial charge on any atom is -0.471 e. The normalized spacial score (nSPS) is 10.5. The summed E-state index contributed by atoms with van der Waals surface area (Å²) < 4.78 is 7.40. The van der Waals surface area contributed by atoms with E-state index in [0.29, 0.717) is 27.6 Å². The highest BCUT2D eigenvalue weighted by Gasteiger charge is 2.06. The quantitative estimate of drug-likeness (QED) is 0.508. The summed E-state index contributed by atoms with van der Waals surface area (Å²) in [5.74, 6) is 0.798. The van der Waals surface area contributed by atoms with Crippen LogP contribution in [-0.2, 0) is 13.2 Å². The molecular formula is C19H18Cl2N4OS. The van der Waals surface area contributed by atoms with E-state index in [4.69, 9.17) is 40.2 Å². The van der Waals surface area contributed by atoms with Crippen LogP contribution in [0, 0.1) is 0 Å². The van der Waals surface area contributed by atoms with Crippen LogP contribution in [0.5, 0.6) is 5.75 Å². The lowest BCUT2D eigenvalue weighted by Gasteiger charge is -2.10. The number of benzene rings is 2. The Morgan fingerprint density at radius 2 is 1.93 bits per heavy atom. The Kier molecular flexibility index (Phi) is 6.55.